The summed E-state index contributed by atoms with van der Waals surface area (Å²) in [6.45, 7) is 6.23. The first kappa shape index (κ1) is 15.5. The molecule has 0 N–H and O–H groups in total. The monoisotopic (exact) mass is 280 g/mol. The van der Waals surface area contributed by atoms with Crippen molar-refractivity contribution in [3.05, 3.63) is 70.8 Å². The van der Waals surface area contributed by atoms with Gasteiger partial charge in [0.2, 0.25) is 0 Å². The van der Waals surface area contributed by atoms with Crippen LogP contribution in [0.2, 0.25) is 0 Å². The number of hydrogen-bond donors (Lipinski definition) is 0. The summed E-state index contributed by atoms with van der Waals surface area (Å²) < 4.78 is 0. The number of Topliss-reactive ketones (excluding diaryl/α,β-unsaturated/α-hetero) is 1. The third-order valence-electron chi connectivity index (χ3n) is 4.03. The van der Waals surface area contributed by atoms with Crippen molar-refractivity contribution in [3.63, 3.8) is 0 Å². The first-order valence-corrected chi connectivity index (χ1v) is 7.70. The Morgan fingerprint density at radius 1 is 0.762 bits per heavy atom. The van der Waals surface area contributed by atoms with Gasteiger partial charge in [-0.1, -0.05) is 71.6 Å². The second-order valence-electron chi connectivity index (χ2n) is 6.01. The Kier molecular flexibility index (Phi) is 5.32. The fraction of sp³-hybridized carbons (Fsp3) is 0.350. The molecule has 1 heteroatoms. The van der Waals surface area contributed by atoms with Crippen LogP contribution in [0.3, 0.4) is 0 Å². The molecule has 1 nitrogen and oxygen atoms in total. The standard InChI is InChI=1S/C12H14O.C8H10/c1-9-5-7-11(8-6-9)12(13)10-3-2-4-10;1-7-3-5-8(2)6-4-7/h5-8,10H,2-4H2,1H3;3-6H,1-2H3. The van der Waals surface area contributed by atoms with E-state index >= 15 is 0 Å². The minimum Gasteiger partial charge on any atom is -0.294 e. The highest BCUT2D eigenvalue weighted by Crippen LogP contribution is 2.29. The predicted molar refractivity (Wildman–Crippen MR) is 88.8 cm³/mol. The molecule has 110 valence electrons. The van der Waals surface area contributed by atoms with Crippen LogP contribution >= 0.6 is 0 Å². The lowest BCUT2D eigenvalue weighted by Gasteiger charge is -2.23. The molecule has 0 heterocycles. The molecule has 0 spiro atoms. The summed E-state index contributed by atoms with van der Waals surface area (Å²) in [6.07, 6.45) is 3.40. The zero-order valence-corrected chi connectivity index (χ0v) is 13.2. The van der Waals surface area contributed by atoms with Gasteiger partial charge in [0.25, 0.3) is 0 Å². The fourth-order valence-electron chi connectivity index (χ4n) is 2.26. The van der Waals surface area contributed by atoms with E-state index in [4.69, 9.17) is 0 Å². The van der Waals surface area contributed by atoms with Gasteiger partial charge < -0.3 is 0 Å². The molecule has 0 amide bonds. The zero-order chi connectivity index (χ0) is 15.2. The maximum atomic E-state index is 11.7. The van der Waals surface area contributed by atoms with Crippen molar-refractivity contribution >= 4 is 5.78 Å². The van der Waals surface area contributed by atoms with Gasteiger partial charge in [-0.15, -0.1) is 0 Å². The smallest absolute Gasteiger partial charge is 0.165 e. The third-order valence-corrected chi connectivity index (χ3v) is 4.03. The summed E-state index contributed by atoms with van der Waals surface area (Å²) in [5, 5.41) is 0. The largest absolute Gasteiger partial charge is 0.294 e. The molecule has 0 bridgehead atoms. The lowest BCUT2D eigenvalue weighted by molar-refractivity contribution is 0.0855. The van der Waals surface area contributed by atoms with Crippen molar-refractivity contribution in [2.75, 3.05) is 0 Å². The van der Waals surface area contributed by atoms with Crippen molar-refractivity contribution < 1.29 is 4.79 Å². The van der Waals surface area contributed by atoms with Crippen LogP contribution in [0.15, 0.2) is 48.5 Å². The molecule has 0 atom stereocenters. The summed E-state index contributed by atoms with van der Waals surface area (Å²) >= 11 is 0. The molecule has 2 aromatic carbocycles. The Hall–Kier alpha value is -1.89. The van der Waals surface area contributed by atoms with Crippen molar-refractivity contribution in [1.82, 2.24) is 0 Å². The van der Waals surface area contributed by atoms with Gasteiger partial charge in [-0.3, -0.25) is 4.79 Å². The van der Waals surface area contributed by atoms with E-state index in [0.717, 1.165) is 18.4 Å². The Labute approximate surface area is 128 Å². The van der Waals surface area contributed by atoms with Gasteiger partial charge in [0.1, 0.15) is 0 Å². The molecular weight excluding hydrogens is 256 g/mol. The van der Waals surface area contributed by atoms with Crippen LogP contribution in [0, 0.1) is 26.7 Å². The molecular formula is C20H24O. The SMILES string of the molecule is Cc1ccc(C(=O)C2CCC2)cc1.Cc1ccc(C)cc1. The second-order valence-corrected chi connectivity index (χ2v) is 6.01. The van der Waals surface area contributed by atoms with Gasteiger partial charge >= 0.3 is 0 Å². The van der Waals surface area contributed by atoms with E-state index in [1.165, 1.54) is 23.1 Å². The van der Waals surface area contributed by atoms with Crippen molar-refractivity contribution in [1.29, 1.82) is 0 Å². The van der Waals surface area contributed by atoms with E-state index in [9.17, 15) is 4.79 Å². The molecule has 0 aliphatic heterocycles. The molecule has 1 fully saturated rings. The van der Waals surface area contributed by atoms with Crippen LogP contribution in [-0.2, 0) is 0 Å². The summed E-state index contributed by atoms with van der Waals surface area (Å²) in [5.41, 5.74) is 4.76. The van der Waals surface area contributed by atoms with E-state index in [2.05, 4.69) is 38.1 Å². The van der Waals surface area contributed by atoms with E-state index in [1.54, 1.807) is 0 Å². The van der Waals surface area contributed by atoms with Crippen LogP contribution < -0.4 is 0 Å². The molecule has 1 aliphatic carbocycles. The molecule has 3 rings (SSSR count). The van der Waals surface area contributed by atoms with Gasteiger partial charge in [0.05, 0.1) is 0 Å². The summed E-state index contributed by atoms with van der Waals surface area (Å²) in [7, 11) is 0. The number of ketones is 1. The molecule has 0 unspecified atom stereocenters. The maximum absolute atomic E-state index is 11.7. The molecule has 1 saturated carbocycles. The molecule has 1 aliphatic rings. The normalized spacial score (nSPS) is 13.9. The van der Waals surface area contributed by atoms with Crippen LogP contribution in [0.25, 0.3) is 0 Å². The van der Waals surface area contributed by atoms with Crippen LogP contribution in [-0.4, -0.2) is 5.78 Å². The lowest BCUT2D eigenvalue weighted by atomic mass is 9.80. The highest BCUT2D eigenvalue weighted by atomic mass is 16.1. The number of hydrogen-bond acceptors (Lipinski definition) is 1. The summed E-state index contributed by atoms with van der Waals surface area (Å²) in [5.74, 6) is 0.661. The topological polar surface area (TPSA) is 17.1 Å². The maximum Gasteiger partial charge on any atom is 0.165 e. The molecule has 0 saturated heterocycles. The van der Waals surface area contributed by atoms with Gasteiger partial charge in [-0.25, -0.2) is 0 Å². The Balaban J connectivity index is 0.000000173. The summed E-state index contributed by atoms with van der Waals surface area (Å²) in [4.78, 5) is 11.7. The second kappa shape index (κ2) is 7.21. The molecule has 0 aromatic heterocycles. The van der Waals surface area contributed by atoms with Crippen molar-refractivity contribution in [2.24, 2.45) is 5.92 Å². The lowest BCUT2D eigenvalue weighted by Crippen LogP contribution is -2.21. The zero-order valence-electron chi connectivity index (χ0n) is 13.2. The number of rotatable bonds is 2. The third kappa shape index (κ3) is 4.56. The highest BCUT2D eigenvalue weighted by Gasteiger charge is 2.25. The number of aryl methyl sites for hydroxylation is 3. The molecule has 2 aromatic rings. The Bertz CT molecular complexity index is 553. The predicted octanol–water partition coefficient (Wildman–Crippen LogP) is 5.28. The van der Waals surface area contributed by atoms with E-state index < -0.39 is 0 Å². The van der Waals surface area contributed by atoms with Gasteiger partial charge in [-0.2, -0.15) is 0 Å². The number of carbonyl (C=O) groups is 1. The Morgan fingerprint density at radius 2 is 1.14 bits per heavy atom. The van der Waals surface area contributed by atoms with Crippen LogP contribution in [0.5, 0.6) is 0 Å². The molecule has 0 radical (unpaired) electrons. The van der Waals surface area contributed by atoms with Gasteiger partial charge in [-0.05, 0) is 33.6 Å². The van der Waals surface area contributed by atoms with E-state index in [1.807, 2.05) is 31.2 Å². The van der Waals surface area contributed by atoms with Crippen LogP contribution in [0.1, 0.15) is 46.3 Å². The van der Waals surface area contributed by atoms with Gasteiger partial charge in [0.15, 0.2) is 5.78 Å². The van der Waals surface area contributed by atoms with Crippen LogP contribution in [0.4, 0.5) is 0 Å². The quantitative estimate of drug-likeness (QED) is 0.684. The van der Waals surface area contributed by atoms with E-state index in [-0.39, 0.29) is 0 Å². The highest BCUT2D eigenvalue weighted by molar-refractivity contribution is 5.98. The molecule has 21 heavy (non-hydrogen) atoms. The fourth-order valence-corrected chi connectivity index (χ4v) is 2.26. The number of carbonyl (C=O) groups excluding carboxylic acids is 1. The first-order chi connectivity index (χ1) is 10.1. The minimum absolute atomic E-state index is 0.322. The Morgan fingerprint density at radius 3 is 1.48 bits per heavy atom. The van der Waals surface area contributed by atoms with E-state index in [0.29, 0.717) is 11.7 Å². The van der Waals surface area contributed by atoms with Crippen molar-refractivity contribution in [2.45, 2.75) is 40.0 Å². The average Bonchev–Trinajstić information content (AvgIpc) is 2.42. The minimum atomic E-state index is 0.322. The average molecular weight is 280 g/mol. The first-order valence-electron chi connectivity index (χ1n) is 7.70. The van der Waals surface area contributed by atoms with Crippen molar-refractivity contribution in [3.8, 4) is 0 Å². The number of benzene rings is 2. The van der Waals surface area contributed by atoms with Gasteiger partial charge in [0, 0.05) is 11.5 Å². The summed E-state index contributed by atoms with van der Waals surface area (Å²) in [6, 6.07) is 16.4.